The van der Waals surface area contributed by atoms with Crippen molar-refractivity contribution in [3.63, 3.8) is 0 Å². The fourth-order valence-corrected chi connectivity index (χ4v) is 4.08. The van der Waals surface area contributed by atoms with Gasteiger partial charge in [-0.1, -0.05) is 6.07 Å². The second kappa shape index (κ2) is 12.7. The minimum atomic E-state index is -0.604. The van der Waals surface area contributed by atoms with Gasteiger partial charge in [0.05, 0.1) is 25.3 Å². The van der Waals surface area contributed by atoms with E-state index in [1.807, 2.05) is 37.4 Å². The zero-order valence-electron chi connectivity index (χ0n) is 20.2. The molecule has 0 fully saturated rings. The number of benzene rings is 1. The maximum Gasteiger partial charge on any atom is 0.337 e. The van der Waals surface area contributed by atoms with E-state index in [4.69, 9.17) is 21.7 Å². The van der Waals surface area contributed by atoms with Gasteiger partial charge in [-0.05, 0) is 61.8 Å². The van der Waals surface area contributed by atoms with E-state index in [1.165, 1.54) is 37.3 Å². The number of aromatic nitrogens is 2. The first-order chi connectivity index (χ1) is 17.3. The quantitative estimate of drug-likeness (QED) is 0.181. The van der Waals surface area contributed by atoms with E-state index < -0.39 is 11.9 Å². The van der Waals surface area contributed by atoms with E-state index in [0.717, 1.165) is 17.8 Å². The van der Waals surface area contributed by atoms with Gasteiger partial charge in [-0.3, -0.25) is 10.3 Å². The fraction of sp³-hybridized carbons (Fsp3) is 0.250. The van der Waals surface area contributed by atoms with Crippen LogP contribution in [0.4, 0.5) is 11.6 Å². The number of hydrogen-bond donors (Lipinski definition) is 3. The van der Waals surface area contributed by atoms with Gasteiger partial charge in [0.15, 0.2) is 5.11 Å². The number of rotatable bonds is 7. The average Bonchev–Trinajstić information content (AvgIpc) is 3.35. The lowest BCUT2D eigenvalue weighted by Gasteiger charge is -2.15. The molecule has 0 saturated heterocycles. The summed E-state index contributed by atoms with van der Waals surface area (Å²) in [4.78, 5) is 38.7. The van der Waals surface area contributed by atoms with E-state index in [2.05, 4.69) is 30.9 Å². The number of guanidine groups is 1. The third-order valence-corrected chi connectivity index (χ3v) is 5.83. The van der Waals surface area contributed by atoms with Gasteiger partial charge in [-0.2, -0.15) is 0 Å². The Morgan fingerprint density at radius 1 is 1.00 bits per heavy atom. The van der Waals surface area contributed by atoms with E-state index in [9.17, 15) is 9.59 Å². The van der Waals surface area contributed by atoms with Crippen LogP contribution < -0.4 is 16.0 Å². The lowest BCUT2D eigenvalue weighted by Crippen LogP contribution is -2.39. The topological polar surface area (TPSA) is 127 Å². The molecule has 0 amide bonds. The average molecular weight is 527 g/mol. The van der Waals surface area contributed by atoms with Gasteiger partial charge in [-0.25, -0.2) is 19.6 Å². The minimum Gasteiger partial charge on any atom is -0.465 e. The summed E-state index contributed by atoms with van der Waals surface area (Å²) in [5.41, 5.74) is 2.32. The van der Waals surface area contributed by atoms with Gasteiger partial charge in [-0.15, -0.1) is 11.3 Å². The first-order valence-electron chi connectivity index (χ1n) is 10.8. The van der Waals surface area contributed by atoms with Crippen molar-refractivity contribution < 1.29 is 19.1 Å². The van der Waals surface area contributed by atoms with Crippen molar-refractivity contribution in [2.45, 2.75) is 20.3 Å². The van der Waals surface area contributed by atoms with E-state index in [0.29, 0.717) is 24.1 Å². The standard InChI is InChI=1S/C24H26N6O4S2/c1-14-10-15(2)27-23(26-14)29-22(25-8-7-19-6-5-9-36-19)30-24(35)28-18-12-16(20(31)33-3)11-17(13-18)21(32)34-4/h5-6,9-13H,7-8H2,1-4H3,(H3,25,26,27,28,29,30,35). The smallest absolute Gasteiger partial charge is 0.337 e. The summed E-state index contributed by atoms with van der Waals surface area (Å²) >= 11 is 7.13. The molecule has 1 aromatic carbocycles. The maximum atomic E-state index is 12.1. The van der Waals surface area contributed by atoms with Crippen LogP contribution in [-0.4, -0.2) is 53.7 Å². The number of nitrogens with zero attached hydrogens (tertiary/aromatic N) is 3. The number of thiocarbonyl (C=S) groups is 1. The van der Waals surface area contributed by atoms with Gasteiger partial charge in [0, 0.05) is 34.9 Å². The molecule has 2 heterocycles. The first kappa shape index (κ1) is 26.7. The zero-order valence-corrected chi connectivity index (χ0v) is 21.9. The van der Waals surface area contributed by atoms with Crippen molar-refractivity contribution in [1.29, 1.82) is 0 Å². The summed E-state index contributed by atoms with van der Waals surface area (Å²) < 4.78 is 9.56. The predicted molar refractivity (Wildman–Crippen MR) is 144 cm³/mol. The van der Waals surface area contributed by atoms with Gasteiger partial charge < -0.3 is 20.1 Å². The first-order valence-corrected chi connectivity index (χ1v) is 12.1. The summed E-state index contributed by atoms with van der Waals surface area (Å²) in [5.74, 6) is -0.496. The maximum absolute atomic E-state index is 12.1. The van der Waals surface area contributed by atoms with Gasteiger partial charge >= 0.3 is 11.9 Å². The highest BCUT2D eigenvalue weighted by Gasteiger charge is 2.15. The van der Waals surface area contributed by atoms with E-state index >= 15 is 0 Å². The molecule has 0 saturated carbocycles. The van der Waals surface area contributed by atoms with Crippen LogP contribution in [0.15, 0.2) is 46.8 Å². The van der Waals surface area contributed by atoms with Gasteiger partial charge in [0.1, 0.15) is 0 Å². The minimum absolute atomic E-state index is 0.164. The fourth-order valence-electron chi connectivity index (χ4n) is 3.17. The lowest BCUT2D eigenvalue weighted by atomic mass is 10.1. The molecule has 0 atom stereocenters. The highest BCUT2D eigenvalue weighted by atomic mass is 32.1. The largest absolute Gasteiger partial charge is 0.465 e. The Balaban J connectivity index is 1.80. The molecule has 0 aliphatic carbocycles. The molecule has 0 spiro atoms. The summed E-state index contributed by atoms with van der Waals surface area (Å²) in [6.45, 7) is 4.24. The number of anilines is 2. The van der Waals surface area contributed by atoms with Crippen LogP contribution in [0.1, 0.15) is 37.0 Å². The number of hydrogen-bond acceptors (Lipinski definition) is 9. The number of carbonyl (C=O) groups excluding carboxylic acids is 2. The van der Waals surface area contributed by atoms with E-state index in [1.54, 1.807) is 11.3 Å². The molecule has 0 unspecified atom stereocenters. The molecule has 3 N–H and O–H groups in total. The van der Waals surface area contributed by atoms with Crippen molar-refractivity contribution in [2.24, 2.45) is 4.99 Å². The Morgan fingerprint density at radius 3 is 2.19 bits per heavy atom. The monoisotopic (exact) mass is 526 g/mol. The van der Waals surface area contributed by atoms with Crippen LogP contribution in [0.2, 0.25) is 0 Å². The van der Waals surface area contributed by atoms with Crippen molar-refractivity contribution >= 4 is 58.2 Å². The summed E-state index contributed by atoms with van der Waals surface area (Å²) in [7, 11) is 2.51. The molecule has 10 nitrogen and oxygen atoms in total. The highest BCUT2D eigenvalue weighted by molar-refractivity contribution is 7.80. The Bertz CT molecular complexity index is 1220. The number of aryl methyl sites for hydroxylation is 2. The Labute approximate surface area is 218 Å². The molecule has 3 aromatic rings. The second-order valence-corrected chi connectivity index (χ2v) is 8.96. The third kappa shape index (κ3) is 7.82. The predicted octanol–water partition coefficient (Wildman–Crippen LogP) is 3.73. The molecule has 12 heteroatoms. The number of aliphatic imine (C=N–C) groups is 1. The summed E-state index contributed by atoms with van der Waals surface area (Å²) in [6, 6.07) is 10.3. The summed E-state index contributed by atoms with van der Waals surface area (Å²) in [5, 5.41) is 11.2. The van der Waals surface area contributed by atoms with Gasteiger partial charge in [0.2, 0.25) is 11.9 Å². The molecule has 0 bridgehead atoms. The van der Waals surface area contributed by atoms with Crippen LogP contribution in [0, 0.1) is 13.8 Å². The third-order valence-electron chi connectivity index (χ3n) is 4.69. The number of thiophene rings is 1. The molecule has 188 valence electrons. The molecule has 2 aromatic heterocycles. The van der Waals surface area contributed by atoms with Crippen LogP contribution >= 0.6 is 23.6 Å². The van der Waals surface area contributed by atoms with Crippen LogP contribution in [-0.2, 0) is 15.9 Å². The number of nitrogens with one attached hydrogen (secondary N) is 3. The number of ether oxygens (including phenoxy) is 2. The normalized spacial score (nSPS) is 10.9. The Hall–Kier alpha value is -3.90. The van der Waals surface area contributed by atoms with Crippen LogP contribution in [0.3, 0.4) is 0 Å². The zero-order chi connectivity index (χ0) is 26.1. The molecule has 36 heavy (non-hydrogen) atoms. The Kier molecular flexibility index (Phi) is 9.42. The summed E-state index contributed by atoms with van der Waals surface area (Å²) in [6.07, 6.45) is 0.752. The molecule has 0 radical (unpaired) electrons. The molecular weight excluding hydrogens is 500 g/mol. The van der Waals surface area contributed by atoms with Crippen LogP contribution in [0.5, 0.6) is 0 Å². The van der Waals surface area contributed by atoms with Gasteiger partial charge in [0.25, 0.3) is 0 Å². The Morgan fingerprint density at radius 2 is 1.64 bits per heavy atom. The highest BCUT2D eigenvalue weighted by Crippen LogP contribution is 2.17. The lowest BCUT2D eigenvalue weighted by molar-refractivity contribution is 0.0599. The number of methoxy groups -OCH3 is 2. The molecule has 3 rings (SSSR count). The van der Waals surface area contributed by atoms with Crippen molar-refractivity contribution in [3.05, 3.63) is 69.2 Å². The van der Waals surface area contributed by atoms with Crippen molar-refractivity contribution in [2.75, 3.05) is 31.4 Å². The number of esters is 2. The second-order valence-electron chi connectivity index (χ2n) is 7.52. The van der Waals surface area contributed by atoms with E-state index in [-0.39, 0.29) is 16.2 Å². The SMILES string of the molecule is COC(=O)c1cc(NC(=S)NC(=NCCc2cccs2)Nc2nc(C)cc(C)n2)cc(C(=O)OC)c1. The number of carbonyl (C=O) groups is 2. The van der Waals surface area contributed by atoms with Crippen LogP contribution in [0.25, 0.3) is 0 Å². The molecule has 0 aliphatic heterocycles. The van der Waals surface area contributed by atoms with Crippen molar-refractivity contribution in [3.8, 4) is 0 Å². The van der Waals surface area contributed by atoms with Crippen molar-refractivity contribution in [1.82, 2.24) is 15.3 Å². The molecular formula is C24H26N6O4S2. The molecule has 0 aliphatic rings.